The molecule has 46 heavy (non-hydrogen) atoms. The smallest absolute Gasteiger partial charge is 0.0488 e. The van der Waals surface area contributed by atoms with Crippen LogP contribution >= 0.6 is 0 Å². The second-order valence-electron chi connectivity index (χ2n) is 15.0. The summed E-state index contributed by atoms with van der Waals surface area (Å²) in [6.07, 6.45) is 13.4. The Balaban J connectivity index is 0.000000143. The Hall–Kier alpha value is -3.16. The van der Waals surface area contributed by atoms with Crippen LogP contribution in [0.5, 0.6) is 0 Å². The zero-order valence-electron chi connectivity index (χ0n) is 29.7. The third-order valence-electron chi connectivity index (χ3n) is 10.1. The highest BCUT2D eigenvalue weighted by Crippen LogP contribution is 2.41. The van der Waals surface area contributed by atoms with Crippen LogP contribution in [0, 0.1) is 46.0 Å². The Bertz CT molecular complexity index is 1330. The summed E-state index contributed by atoms with van der Waals surface area (Å²) in [7, 11) is 0. The number of aryl methyl sites for hydroxylation is 5. The summed E-state index contributed by atoms with van der Waals surface area (Å²) in [6.45, 7) is 13.1. The molecule has 1 heteroatoms. The molecule has 3 aliphatic rings. The van der Waals surface area contributed by atoms with Gasteiger partial charge in [0.15, 0.2) is 0 Å². The molecule has 1 N–H and O–H groups in total. The lowest BCUT2D eigenvalue weighted by Gasteiger charge is -2.27. The van der Waals surface area contributed by atoms with Gasteiger partial charge in [-0.3, -0.25) is 0 Å². The van der Waals surface area contributed by atoms with Crippen molar-refractivity contribution in [3.05, 3.63) is 142 Å². The lowest BCUT2D eigenvalue weighted by atomic mass is 9.79. The lowest BCUT2D eigenvalue weighted by Crippen LogP contribution is -2.25. The predicted octanol–water partition coefficient (Wildman–Crippen LogP) is 12.2. The molecule has 246 valence electrons. The summed E-state index contributed by atoms with van der Waals surface area (Å²) in [5, 5.41) is 9.58. The van der Waals surface area contributed by atoms with E-state index in [-0.39, 0.29) is 5.41 Å². The molecule has 1 atom stereocenters. The van der Waals surface area contributed by atoms with Crippen molar-refractivity contribution in [2.24, 2.45) is 11.3 Å². The van der Waals surface area contributed by atoms with E-state index >= 15 is 0 Å². The highest BCUT2D eigenvalue weighted by Gasteiger charge is 2.33. The molecule has 4 aromatic carbocycles. The molecule has 1 unspecified atom stereocenters. The van der Waals surface area contributed by atoms with E-state index in [1.54, 1.807) is 11.1 Å². The number of rotatable bonds is 7. The van der Waals surface area contributed by atoms with Gasteiger partial charge in [0.05, 0.1) is 0 Å². The third kappa shape index (κ3) is 12.2. The van der Waals surface area contributed by atoms with Gasteiger partial charge in [-0.2, -0.15) is 0 Å². The molecule has 3 aliphatic carbocycles. The van der Waals surface area contributed by atoms with Gasteiger partial charge in [-0.05, 0) is 113 Å². The highest BCUT2D eigenvalue weighted by atomic mass is 16.3. The largest absolute Gasteiger partial charge is 0.396 e. The van der Waals surface area contributed by atoms with E-state index in [4.69, 9.17) is 0 Å². The topological polar surface area (TPSA) is 20.2 Å². The monoisotopic (exact) mass is 616 g/mol. The lowest BCUT2D eigenvalue weighted by molar-refractivity contribution is 0.126. The summed E-state index contributed by atoms with van der Waals surface area (Å²) < 4.78 is 0. The van der Waals surface area contributed by atoms with Crippen molar-refractivity contribution in [2.75, 3.05) is 6.61 Å². The first-order chi connectivity index (χ1) is 22.1. The normalized spacial score (nSPS) is 16.9. The number of benzene rings is 4. The van der Waals surface area contributed by atoms with Crippen LogP contribution in [-0.4, -0.2) is 11.7 Å². The van der Waals surface area contributed by atoms with Crippen LogP contribution in [0.15, 0.2) is 97.1 Å². The summed E-state index contributed by atoms with van der Waals surface area (Å²) in [6, 6.07) is 35.1. The Kier molecular flexibility index (Phi) is 13.7. The predicted molar refractivity (Wildman–Crippen MR) is 199 cm³/mol. The van der Waals surface area contributed by atoms with Crippen LogP contribution in [0.1, 0.15) is 121 Å². The van der Waals surface area contributed by atoms with Gasteiger partial charge in [0.2, 0.25) is 0 Å². The number of aliphatic hydroxyl groups is 1. The Morgan fingerprint density at radius 1 is 0.500 bits per heavy atom. The molecule has 0 amide bonds. The number of hydrogen-bond donors (Lipinski definition) is 1. The summed E-state index contributed by atoms with van der Waals surface area (Å²) in [5.74, 6) is 2.65. The summed E-state index contributed by atoms with van der Waals surface area (Å²) >= 11 is 0. The van der Waals surface area contributed by atoms with Crippen LogP contribution in [-0.2, 0) is 6.42 Å². The van der Waals surface area contributed by atoms with Crippen molar-refractivity contribution in [3.63, 3.8) is 0 Å². The molecule has 0 aliphatic heterocycles. The molecule has 3 fully saturated rings. The van der Waals surface area contributed by atoms with Gasteiger partial charge >= 0.3 is 0 Å². The fourth-order valence-electron chi connectivity index (χ4n) is 6.21. The van der Waals surface area contributed by atoms with Gasteiger partial charge in [-0.1, -0.05) is 157 Å². The van der Waals surface area contributed by atoms with E-state index in [1.165, 1.54) is 91.2 Å². The molecule has 0 saturated heterocycles. The zero-order chi connectivity index (χ0) is 32.9. The molecule has 0 heterocycles. The van der Waals surface area contributed by atoms with E-state index in [9.17, 15) is 5.11 Å². The molecular weight excluding hydrogens is 556 g/mol. The zero-order valence-corrected chi connectivity index (χ0v) is 29.7. The van der Waals surface area contributed by atoms with E-state index in [0.29, 0.717) is 6.61 Å². The Labute approximate surface area is 281 Å². The first-order valence-corrected chi connectivity index (χ1v) is 18.0. The average Bonchev–Trinajstić information content (AvgIpc) is 3.81. The van der Waals surface area contributed by atoms with Crippen molar-refractivity contribution < 1.29 is 5.11 Å². The first-order valence-electron chi connectivity index (χ1n) is 18.0. The van der Waals surface area contributed by atoms with Gasteiger partial charge in [-0.25, -0.2) is 0 Å². The Morgan fingerprint density at radius 3 is 1.11 bits per heavy atom. The van der Waals surface area contributed by atoms with Gasteiger partial charge in [0.25, 0.3) is 0 Å². The minimum Gasteiger partial charge on any atom is -0.396 e. The van der Waals surface area contributed by atoms with Gasteiger partial charge in [-0.15, -0.1) is 0 Å². The molecule has 0 radical (unpaired) electrons. The number of aliphatic hydroxyl groups excluding tert-OH is 1. The van der Waals surface area contributed by atoms with Crippen molar-refractivity contribution in [1.29, 1.82) is 0 Å². The summed E-state index contributed by atoms with van der Waals surface area (Å²) in [5.41, 5.74) is 11.2. The van der Waals surface area contributed by atoms with Gasteiger partial charge in [0.1, 0.15) is 0 Å². The maximum Gasteiger partial charge on any atom is 0.0488 e. The molecule has 3 saturated carbocycles. The van der Waals surface area contributed by atoms with Crippen molar-refractivity contribution in [3.8, 4) is 0 Å². The standard InChI is InChI=1S/C15H22O.2C11H14.C8H10/c1-12-3-5-13(6-4-12)9-15(2,11-16)10-14-7-8-14;2*1-9-5-7-11(8-6-9)10-3-2-4-10;1-7-3-5-8(2)6-4-7/h3-6,14,16H,7-11H2,1-2H3;2*5-8,10H,2-4H2,1H3;3-6H,1-2H3. The maximum atomic E-state index is 9.58. The average molecular weight is 617 g/mol. The van der Waals surface area contributed by atoms with Crippen LogP contribution in [0.4, 0.5) is 0 Å². The second-order valence-corrected chi connectivity index (χ2v) is 15.0. The van der Waals surface area contributed by atoms with Gasteiger partial charge in [0, 0.05) is 6.61 Å². The minimum atomic E-state index is 0.0798. The van der Waals surface area contributed by atoms with Crippen molar-refractivity contribution in [1.82, 2.24) is 0 Å². The quantitative estimate of drug-likeness (QED) is 0.219. The molecule has 7 rings (SSSR count). The highest BCUT2D eigenvalue weighted by molar-refractivity contribution is 5.27. The molecular formula is C45H60O. The van der Waals surface area contributed by atoms with Crippen LogP contribution in [0.3, 0.4) is 0 Å². The SMILES string of the molecule is Cc1ccc(C)cc1.Cc1ccc(C2CCC2)cc1.Cc1ccc(C2CCC2)cc1.Cc1ccc(CC(C)(CO)CC2CC2)cc1. The molecule has 4 aromatic rings. The van der Waals surface area contributed by atoms with Crippen LogP contribution in [0.2, 0.25) is 0 Å². The maximum absolute atomic E-state index is 9.58. The van der Waals surface area contributed by atoms with E-state index in [0.717, 1.165) is 24.2 Å². The van der Waals surface area contributed by atoms with E-state index in [2.05, 4.69) is 139 Å². The molecule has 1 nitrogen and oxygen atoms in total. The van der Waals surface area contributed by atoms with E-state index in [1.807, 2.05) is 0 Å². The number of hydrogen-bond acceptors (Lipinski definition) is 1. The fourth-order valence-corrected chi connectivity index (χ4v) is 6.21. The second kappa shape index (κ2) is 17.7. The fraction of sp³-hybridized carbons (Fsp3) is 0.467. The van der Waals surface area contributed by atoms with Crippen molar-refractivity contribution in [2.45, 2.75) is 118 Å². The summed E-state index contributed by atoms with van der Waals surface area (Å²) in [4.78, 5) is 0. The third-order valence-corrected chi connectivity index (χ3v) is 10.1. The molecule has 0 spiro atoms. The molecule has 0 aromatic heterocycles. The van der Waals surface area contributed by atoms with E-state index < -0.39 is 0 Å². The van der Waals surface area contributed by atoms with Gasteiger partial charge < -0.3 is 5.11 Å². The van der Waals surface area contributed by atoms with Crippen LogP contribution < -0.4 is 0 Å². The van der Waals surface area contributed by atoms with Crippen LogP contribution in [0.25, 0.3) is 0 Å². The first kappa shape index (κ1) is 35.7. The Morgan fingerprint density at radius 2 is 0.826 bits per heavy atom. The van der Waals surface area contributed by atoms with Crippen molar-refractivity contribution >= 4 is 0 Å². The molecule has 0 bridgehead atoms. The minimum absolute atomic E-state index is 0.0798.